The van der Waals surface area contributed by atoms with Gasteiger partial charge in [0.1, 0.15) is 37.1 Å². The monoisotopic (exact) mass is 1520 g/mol. The summed E-state index contributed by atoms with van der Waals surface area (Å²) in [6, 6.07) is 60.8. The van der Waals surface area contributed by atoms with Crippen LogP contribution in [0.1, 0.15) is 184 Å². The summed E-state index contributed by atoms with van der Waals surface area (Å²) in [5, 5.41) is 15.1. The number of nitrogens with two attached hydrogens (primary N) is 2. The second-order valence-corrected chi connectivity index (χ2v) is 26.3. The topological polar surface area (TPSA) is 351 Å². The van der Waals surface area contributed by atoms with Gasteiger partial charge in [0.15, 0.2) is 0 Å². The molecule has 0 aliphatic carbocycles. The Labute approximate surface area is 641 Å². The number of amides is 4. The van der Waals surface area contributed by atoms with E-state index in [0.717, 1.165) is 55.8 Å². The number of hydrogen-bond donors (Lipinski definition) is 8. The molecule has 0 atom stereocenters. The Balaban J connectivity index is 0.000000193. The van der Waals surface area contributed by atoms with E-state index in [4.69, 9.17) is 67.6 Å². The van der Waals surface area contributed by atoms with E-state index >= 15 is 0 Å². The molecular weight excluding hydrogens is 1430 g/mol. The number of halogens is 2. The number of nitrogens with one attached hydrogen (secondary N) is 6. The van der Waals surface area contributed by atoms with Gasteiger partial charge in [-0.05, 0) is 227 Å². The normalized spacial score (nSPS) is 10.7. The SMILES string of the molecule is CC(C)c1ccc(COc2cc(C(=O)Cl)cc(C(=O)Cl)c2)cc1.CCONNC(=O)c1ccc(CONNC(=O)c2cc(C)cc(OCc3ccc(C(C)C)cc3)c2)cc1.Cc1cc(OCc2ccc(C(C)C)cc2)cc(-c2nnc(-c3ccc(-c4nnc(C)o4)cc3)o2)c1.NNC(=O)c1ccc(C(=O)NN)cc1. The largest absolute Gasteiger partial charge is 0.489 e. The van der Waals surface area contributed by atoms with Gasteiger partial charge in [-0.1, -0.05) is 126 Å². The van der Waals surface area contributed by atoms with Gasteiger partial charge in [0.25, 0.3) is 34.1 Å². The first kappa shape index (κ1) is 82.9. The molecule has 0 aliphatic heterocycles. The summed E-state index contributed by atoms with van der Waals surface area (Å²) in [7, 11) is 0. The standard InChI is InChI=1S/C28H34N4O5.C28H26N4O3.C18H16Cl2O3.C8H10N4O2/c1-5-36-31-29-27(33)24-12-8-22(9-13-24)18-37-32-30-28(34)25-14-20(4)15-26(16-25)35-17-21-6-10-23(11-7-21)19(2)3;1-17(2)21-7-5-20(6-8-21)16-33-25-14-18(3)13-24(15-25)28-32-31-27(35-28)23-11-9-22(10-12-23)26-30-29-19(4)34-26;1-11(2)13-5-3-12(4-6-13)10-23-16-8-14(17(19)21)7-15(9-16)18(20)22;9-11-7(13)5-1-2-6(4-3-5)8(14)12-10/h6-16,19,31-32H,5,17-18H2,1-4H3,(H,29,33)(H,30,34);5-15,17H,16H2,1-4H3;3-9,11H,10H2,1-2H3;1-4H,9-10H2,(H,11,13)(H,12,14). The molecule has 4 amide bonds. The van der Waals surface area contributed by atoms with Crippen LogP contribution in [0.3, 0.4) is 0 Å². The van der Waals surface area contributed by atoms with Crippen molar-refractivity contribution in [2.24, 2.45) is 11.7 Å². The molecule has 9 aromatic carbocycles. The third-order valence-corrected chi connectivity index (χ3v) is 16.6. The summed E-state index contributed by atoms with van der Waals surface area (Å²) < 4.78 is 29.1. The molecule has 11 rings (SSSR count). The van der Waals surface area contributed by atoms with E-state index in [2.05, 4.69) is 145 Å². The van der Waals surface area contributed by atoms with E-state index in [1.165, 1.54) is 59.2 Å². The van der Waals surface area contributed by atoms with Crippen molar-refractivity contribution in [2.75, 3.05) is 6.61 Å². The van der Waals surface area contributed by atoms with E-state index in [0.29, 0.717) is 101 Å². The highest BCUT2D eigenvalue weighted by Gasteiger charge is 2.17. The van der Waals surface area contributed by atoms with Crippen LogP contribution in [0, 0.1) is 20.8 Å². The minimum absolute atomic E-state index is 0.170. The lowest BCUT2D eigenvalue weighted by atomic mass is 10.0. The summed E-state index contributed by atoms with van der Waals surface area (Å²) in [4.78, 5) is 79.4. The molecule has 2 heterocycles. The van der Waals surface area contributed by atoms with E-state index in [1.807, 2.05) is 85.4 Å². The van der Waals surface area contributed by atoms with Crippen LogP contribution in [0.15, 0.2) is 209 Å². The van der Waals surface area contributed by atoms with E-state index in [-0.39, 0.29) is 29.5 Å². The summed E-state index contributed by atoms with van der Waals surface area (Å²) in [5.41, 5.74) is 27.9. The van der Waals surface area contributed by atoms with Crippen LogP contribution in [0.2, 0.25) is 0 Å². The van der Waals surface area contributed by atoms with Crippen molar-refractivity contribution in [1.29, 1.82) is 0 Å². The van der Waals surface area contributed by atoms with E-state index < -0.39 is 22.3 Å². The maximum atomic E-state index is 12.6. The van der Waals surface area contributed by atoms with Crippen LogP contribution < -0.4 is 58.8 Å². The van der Waals surface area contributed by atoms with Crippen molar-refractivity contribution < 1.29 is 61.5 Å². The Morgan fingerprint density at radius 1 is 0.376 bits per heavy atom. The molecule has 566 valence electrons. The molecule has 0 bridgehead atoms. The molecule has 109 heavy (non-hydrogen) atoms. The second-order valence-electron chi connectivity index (χ2n) is 25.6. The van der Waals surface area contributed by atoms with Crippen molar-refractivity contribution in [3.8, 4) is 51.6 Å². The predicted octanol–water partition coefficient (Wildman–Crippen LogP) is 15.1. The fraction of sp³-hybridized carbons (Fsp3) is 0.220. The number of aryl methyl sites for hydroxylation is 3. The van der Waals surface area contributed by atoms with Gasteiger partial charge in [-0.15, -0.1) is 31.6 Å². The van der Waals surface area contributed by atoms with Gasteiger partial charge < -0.3 is 23.0 Å². The molecule has 0 spiro atoms. The van der Waals surface area contributed by atoms with Gasteiger partial charge in [0.05, 0.1) is 13.2 Å². The molecular formula is C82H86Cl2N12O13. The minimum atomic E-state index is -0.670. The van der Waals surface area contributed by atoms with Gasteiger partial charge in [0.2, 0.25) is 23.6 Å². The first-order chi connectivity index (χ1) is 52.3. The summed E-state index contributed by atoms with van der Waals surface area (Å²) >= 11 is 10.9. The molecule has 2 aromatic heterocycles. The molecule has 0 aliphatic rings. The van der Waals surface area contributed by atoms with Crippen LogP contribution in [-0.4, -0.2) is 61.1 Å². The van der Waals surface area contributed by atoms with Crippen molar-refractivity contribution in [1.82, 2.24) is 53.3 Å². The number of hydrazine groups is 4. The average Bonchev–Trinajstić information content (AvgIpc) is 1.71. The van der Waals surface area contributed by atoms with Crippen LogP contribution in [0.5, 0.6) is 17.2 Å². The highest BCUT2D eigenvalue weighted by molar-refractivity contribution is 6.69. The van der Waals surface area contributed by atoms with Crippen molar-refractivity contribution in [3.63, 3.8) is 0 Å². The number of ether oxygens (including phenoxy) is 3. The molecule has 25 nitrogen and oxygen atoms in total. The lowest BCUT2D eigenvalue weighted by Crippen LogP contribution is -2.37. The lowest BCUT2D eigenvalue weighted by Gasteiger charge is -2.12. The highest BCUT2D eigenvalue weighted by atomic mass is 35.5. The first-order valence-electron chi connectivity index (χ1n) is 34.6. The molecule has 27 heteroatoms. The summed E-state index contributed by atoms with van der Waals surface area (Å²) in [5.74, 6) is 13.4. The number of nitrogen functional groups attached to an aromatic ring is 2. The summed E-state index contributed by atoms with van der Waals surface area (Å²) in [6.07, 6.45) is 0. The van der Waals surface area contributed by atoms with Crippen LogP contribution in [0.4, 0.5) is 0 Å². The maximum absolute atomic E-state index is 12.6. The molecule has 0 unspecified atom stereocenters. The zero-order chi connectivity index (χ0) is 78.5. The first-order valence-corrected chi connectivity index (χ1v) is 35.3. The number of carbonyl (C=O) groups is 6. The lowest BCUT2D eigenvalue weighted by molar-refractivity contribution is 0.000590. The van der Waals surface area contributed by atoms with E-state index in [9.17, 15) is 28.8 Å². The Morgan fingerprint density at radius 2 is 0.725 bits per heavy atom. The fourth-order valence-electron chi connectivity index (χ4n) is 10.1. The number of nitrogens with zero attached hydrogens (tertiary/aromatic N) is 4. The van der Waals surface area contributed by atoms with Gasteiger partial charge >= 0.3 is 0 Å². The Kier molecular flexibility index (Phi) is 31.5. The number of benzene rings is 9. The van der Waals surface area contributed by atoms with E-state index in [1.54, 1.807) is 50.2 Å². The number of aromatic nitrogens is 4. The smallest absolute Gasteiger partial charge is 0.267 e. The zero-order valence-corrected chi connectivity index (χ0v) is 63.3. The molecule has 0 radical (unpaired) electrons. The third-order valence-electron chi connectivity index (χ3n) is 16.2. The predicted molar refractivity (Wildman–Crippen MR) is 414 cm³/mol. The van der Waals surface area contributed by atoms with Crippen LogP contribution in [-0.2, 0) is 36.1 Å². The van der Waals surface area contributed by atoms with Gasteiger partial charge in [-0.25, -0.2) is 11.7 Å². The molecule has 11 aromatic rings. The molecule has 0 saturated carbocycles. The average molecular weight is 1520 g/mol. The maximum Gasteiger partial charge on any atom is 0.267 e. The fourth-order valence-corrected chi connectivity index (χ4v) is 10.4. The highest BCUT2D eigenvalue weighted by Crippen LogP contribution is 2.31. The minimum Gasteiger partial charge on any atom is -0.489 e. The molecule has 10 N–H and O–H groups in total. The van der Waals surface area contributed by atoms with Crippen LogP contribution in [0.25, 0.3) is 34.4 Å². The quantitative estimate of drug-likeness (QED) is 0.00742. The van der Waals surface area contributed by atoms with Gasteiger partial charge in [-0.3, -0.25) is 60.1 Å². The third kappa shape index (κ3) is 26.0. The molecule has 0 saturated heterocycles. The van der Waals surface area contributed by atoms with Crippen LogP contribution >= 0.6 is 23.2 Å². The van der Waals surface area contributed by atoms with Crippen molar-refractivity contribution >= 4 is 57.3 Å². The zero-order valence-electron chi connectivity index (χ0n) is 61.8. The number of rotatable bonds is 28. The van der Waals surface area contributed by atoms with Gasteiger partial charge in [0, 0.05) is 57.0 Å². The molecule has 0 fully saturated rings. The second kappa shape index (κ2) is 41.4. The van der Waals surface area contributed by atoms with Crippen molar-refractivity contribution in [2.45, 2.75) is 113 Å². The number of carbonyl (C=O) groups excluding carboxylic acids is 6. The Hall–Kier alpha value is -11.8. The van der Waals surface area contributed by atoms with Crippen molar-refractivity contribution in [3.05, 3.63) is 290 Å². The van der Waals surface area contributed by atoms with Gasteiger partial charge in [-0.2, -0.15) is 0 Å². The number of hydrogen-bond acceptors (Lipinski definition) is 21. The Morgan fingerprint density at radius 3 is 1.14 bits per heavy atom. The Bertz CT molecular complexity index is 4760. The summed E-state index contributed by atoms with van der Waals surface area (Å²) in [6.45, 7) is 22.3.